The van der Waals surface area contributed by atoms with E-state index in [1.807, 2.05) is 13.1 Å². The minimum atomic E-state index is 0.542. The minimum absolute atomic E-state index is 0.542. The van der Waals surface area contributed by atoms with Crippen LogP contribution in [0.15, 0.2) is 22.9 Å². The molecular weight excluding hydrogens is 244 g/mol. The van der Waals surface area contributed by atoms with Crippen molar-refractivity contribution in [3.63, 3.8) is 0 Å². The van der Waals surface area contributed by atoms with Gasteiger partial charge in [-0.1, -0.05) is 6.92 Å². The summed E-state index contributed by atoms with van der Waals surface area (Å²) >= 11 is 1.71. The van der Waals surface area contributed by atoms with Crippen molar-refractivity contribution in [2.45, 2.75) is 26.3 Å². The van der Waals surface area contributed by atoms with Crippen molar-refractivity contribution in [3.8, 4) is 0 Å². The molecule has 96 valence electrons. The van der Waals surface area contributed by atoms with Gasteiger partial charge in [-0.05, 0) is 28.8 Å². The first kappa shape index (κ1) is 12.8. The molecule has 0 aliphatic carbocycles. The van der Waals surface area contributed by atoms with Gasteiger partial charge in [0.25, 0.3) is 0 Å². The van der Waals surface area contributed by atoms with E-state index in [-0.39, 0.29) is 0 Å². The summed E-state index contributed by atoms with van der Waals surface area (Å²) in [5, 5.41) is 4.23. The zero-order chi connectivity index (χ0) is 13.0. The van der Waals surface area contributed by atoms with E-state index in [1.165, 1.54) is 5.56 Å². The average Bonchev–Trinajstić information content (AvgIpc) is 2.81. The number of thiophene rings is 1. The van der Waals surface area contributed by atoms with Crippen LogP contribution in [0.5, 0.6) is 0 Å². The van der Waals surface area contributed by atoms with E-state index in [1.54, 1.807) is 11.3 Å². The number of rotatable bonds is 5. The first-order chi connectivity index (χ1) is 8.69. The van der Waals surface area contributed by atoms with Crippen LogP contribution in [0.25, 0.3) is 0 Å². The number of nitrogens with zero attached hydrogens (tertiary/aromatic N) is 3. The van der Waals surface area contributed by atoms with Gasteiger partial charge < -0.3 is 10.6 Å². The summed E-state index contributed by atoms with van der Waals surface area (Å²) < 4.78 is 0. The lowest BCUT2D eigenvalue weighted by Gasteiger charge is -2.18. The standard InChI is InChI=1S/C13H18N4S/c1-3-4-12-15-11(14)7-13(16-12)17(2)8-10-5-6-18-9-10/h5-7,9H,3-4,8H2,1-2H3,(H2,14,15,16). The Morgan fingerprint density at radius 2 is 2.22 bits per heavy atom. The molecular formula is C13H18N4S. The van der Waals surface area contributed by atoms with Crippen molar-refractivity contribution in [3.05, 3.63) is 34.3 Å². The first-order valence-corrected chi connectivity index (χ1v) is 6.99. The van der Waals surface area contributed by atoms with Crippen LogP contribution in [0.4, 0.5) is 11.6 Å². The molecule has 2 N–H and O–H groups in total. The molecule has 2 heterocycles. The molecule has 0 saturated carbocycles. The van der Waals surface area contributed by atoms with Crippen LogP contribution in [-0.2, 0) is 13.0 Å². The monoisotopic (exact) mass is 262 g/mol. The molecule has 0 aliphatic rings. The number of nitrogens with two attached hydrogens (primary N) is 1. The molecule has 4 nitrogen and oxygen atoms in total. The van der Waals surface area contributed by atoms with Crippen LogP contribution in [-0.4, -0.2) is 17.0 Å². The van der Waals surface area contributed by atoms with E-state index in [0.717, 1.165) is 31.0 Å². The smallest absolute Gasteiger partial charge is 0.134 e. The molecule has 0 radical (unpaired) electrons. The number of aryl methyl sites for hydroxylation is 1. The highest BCUT2D eigenvalue weighted by molar-refractivity contribution is 7.07. The van der Waals surface area contributed by atoms with Gasteiger partial charge in [-0.2, -0.15) is 11.3 Å². The van der Waals surface area contributed by atoms with Crippen LogP contribution < -0.4 is 10.6 Å². The zero-order valence-electron chi connectivity index (χ0n) is 10.8. The molecule has 18 heavy (non-hydrogen) atoms. The summed E-state index contributed by atoms with van der Waals surface area (Å²) in [4.78, 5) is 10.9. The quantitative estimate of drug-likeness (QED) is 0.900. The normalized spacial score (nSPS) is 10.6. The minimum Gasteiger partial charge on any atom is -0.384 e. The van der Waals surface area contributed by atoms with Gasteiger partial charge in [0.05, 0.1) is 0 Å². The maximum absolute atomic E-state index is 5.83. The molecule has 0 bridgehead atoms. The van der Waals surface area contributed by atoms with Crippen LogP contribution in [0.1, 0.15) is 24.7 Å². The SMILES string of the molecule is CCCc1nc(N)cc(N(C)Cc2ccsc2)n1. The lowest BCUT2D eigenvalue weighted by Crippen LogP contribution is -2.18. The van der Waals surface area contributed by atoms with Crippen LogP contribution in [0.2, 0.25) is 0 Å². The fraction of sp³-hybridized carbons (Fsp3) is 0.385. The number of anilines is 2. The van der Waals surface area contributed by atoms with Gasteiger partial charge in [0.2, 0.25) is 0 Å². The number of nitrogen functional groups attached to an aromatic ring is 1. The van der Waals surface area contributed by atoms with Crippen molar-refractivity contribution < 1.29 is 0 Å². The Hall–Kier alpha value is -1.62. The molecule has 2 aromatic heterocycles. The topological polar surface area (TPSA) is 55.0 Å². The van der Waals surface area contributed by atoms with Crippen LogP contribution in [0.3, 0.4) is 0 Å². The Morgan fingerprint density at radius 3 is 2.89 bits per heavy atom. The molecule has 0 spiro atoms. The molecule has 0 aliphatic heterocycles. The maximum atomic E-state index is 5.83. The Labute approximate surface area is 111 Å². The van der Waals surface area contributed by atoms with Crippen molar-refractivity contribution in [1.29, 1.82) is 0 Å². The first-order valence-electron chi connectivity index (χ1n) is 6.04. The molecule has 0 atom stereocenters. The van der Waals surface area contributed by atoms with Gasteiger partial charge in [-0.3, -0.25) is 0 Å². The van der Waals surface area contributed by atoms with Gasteiger partial charge in [-0.15, -0.1) is 0 Å². The van der Waals surface area contributed by atoms with E-state index in [4.69, 9.17) is 5.73 Å². The third kappa shape index (κ3) is 3.20. The molecule has 0 fully saturated rings. The van der Waals surface area contributed by atoms with Gasteiger partial charge in [-0.25, -0.2) is 9.97 Å². The Kier molecular flexibility index (Phi) is 4.15. The molecule has 0 amide bonds. The second kappa shape index (κ2) is 5.82. The predicted molar refractivity (Wildman–Crippen MR) is 76.9 cm³/mol. The lowest BCUT2D eigenvalue weighted by molar-refractivity contribution is 0.815. The fourth-order valence-electron chi connectivity index (χ4n) is 1.77. The van der Waals surface area contributed by atoms with Crippen molar-refractivity contribution >= 4 is 23.0 Å². The van der Waals surface area contributed by atoms with Crippen molar-refractivity contribution in [2.24, 2.45) is 0 Å². The van der Waals surface area contributed by atoms with E-state index < -0.39 is 0 Å². The van der Waals surface area contributed by atoms with E-state index in [9.17, 15) is 0 Å². The Balaban J connectivity index is 2.16. The molecule has 5 heteroatoms. The summed E-state index contributed by atoms with van der Waals surface area (Å²) in [7, 11) is 2.02. The van der Waals surface area contributed by atoms with Gasteiger partial charge >= 0.3 is 0 Å². The summed E-state index contributed by atoms with van der Waals surface area (Å²) in [6.07, 6.45) is 1.89. The summed E-state index contributed by atoms with van der Waals surface area (Å²) in [5.41, 5.74) is 7.11. The second-order valence-electron chi connectivity index (χ2n) is 4.30. The second-order valence-corrected chi connectivity index (χ2v) is 5.08. The summed E-state index contributed by atoms with van der Waals surface area (Å²) in [6.45, 7) is 2.95. The highest BCUT2D eigenvalue weighted by Gasteiger charge is 2.07. The molecule has 0 saturated heterocycles. The van der Waals surface area contributed by atoms with Crippen molar-refractivity contribution in [2.75, 3.05) is 17.7 Å². The maximum Gasteiger partial charge on any atom is 0.134 e. The van der Waals surface area contributed by atoms with Crippen LogP contribution in [0, 0.1) is 0 Å². The van der Waals surface area contributed by atoms with E-state index >= 15 is 0 Å². The van der Waals surface area contributed by atoms with E-state index in [2.05, 4.69) is 38.6 Å². The Bertz CT molecular complexity index is 496. The van der Waals surface area contributed by atoms with E-state index in [0.29, 0.717) is 5.82 Å². The largest absolute Gasteiger partial charge is 0.384 e. The number of aromatic nitrogens is 2. The number of hydrogen-bond acceptors (Lipinski definition) is 5. The predicted octanol–water partition coefficient (Wildman–Crippen LogP) is 2.71. The van der Waals surface area contributed by atoms with Gasteiger partial charge in [0, 0.05) is 26.1 Å². The van der Waals surface area contributed by atoms with Gasteiger partial charge in [0.15, 0.2) is 0 Å². The molecule has 0 unspecified atom stereocenters. The fourth-order valence-corrected chi connectivity index (χ4v) is 2.43. The summed E-state index contributed by atoms with van der Waals surface area (Å²) in [5.74, 6) is 2.25. The highest BCUT2D eigenvalue weighted by atomic mass is 32.1. The highest BCUT2D eigenvalue weighted by Crippen LogP contribution is 2.17. The molecule has 2 aromatic rings. The third-order valence-corrected chi connectivity index (χ3v) is 3.38. The summed E-state index contributed by atoms with van der Waals surface area (Å²) in [6, 6.07) is 3.95. The van der Waals surface area contributed by atoms with Crippen molar-refractivity contribution in [1.82, 2.24) is 9.97 Å². The van der Waals surface area contributed by atoms with Crippen LogP contribution >= 0.6 is 11.3 Å². The average molecular weight is 262 g/mol. The zero-order valence-corrected chi connectivity index (χ0v) is 11.6. The number of hydrogen-bond donors (Lipinski definition) is 1. The lowest BCUT2D eigenvalue weighted by atomic mass is 10.3. The Morgan fingerprint density at radius 1 is 1.39 bits per heavy atom. The van der Waals surface area contributed by atoms with Gasteiger partial charge in [0.1, 0.15) is 17.5 Å². The molecule has 2 rings (SSSR count). The third-order valence-electron chi connectivity index (χ3n) is 2.64. The molecule has 0 aromatic carbocycles.